The number of anilines is 1. The molecule has 238 valence electrons. The third-order valence-corrected chi connectivity index (χ3v) is 8.19. The summed E-state index contributed by atoms with van der Waals surface area (Å²) >= 11 is 1.26. The number of benzene rings is 1. The van der Waals surface area contributed by atoms with Gasteiger partial charge in [0.2, 0.25) is 5.88 Å². The first-order valence-corrected chi connectivity index (χ1v) is 15.3. The predicted octanol–water partition coefficient (Wildman–Crippen LogP) is 4.77. The monoisotopic (exact) mass is 647 g/mol. The largest absolute Gasteiger partial charge is 0.480 e. The fourth-order valence-corrected chi connectivity index (χ4v) is 5.94. The molecule has 0 bridgehead atoms. The number of nitrogens with zero attached hydrogens (tertiary/aromatic N) is 6. The Hall–Kier alpha value is -5.02. The van der Waals surface area contributed by atoms with Crippen molar-refractivity contribution in [1.29, 1.82) is 0 Å². The van der Waals surface area contributed by atoms with E-state index >= 15 is 0 Å². The Bertz CT molecular complexity index is 1920. The maximum absolute atomic E-state index is 14.9. The number of aryl methyl sites for hydroxylation is 1. The van der Waals surface area contributed by atoms with Crippen LogP contribution < -0.4 is 14.8 Å². The molecule has 13 nitrogen and oxygen atoms in total. The molecular formula is C31H30FN7O6S. The number of carbonyl (C=O) groups is 2. The molecule has 15 heteroatoms. The molecule has 5 heterocycles. The van der Waals surface area contributed by atoms with E-state index in [9.17, 15) is 19.1 Å². The van der Waals surface area contributed by atoms with Crippen LogP contribution in [0.5, 0.6) is 11.8 Å². The Morgan fingerprint density at radius 2 is 2.00 bits per heavy atom. The molecule has 0 saturated carbocycles. The number of pyridine rings is 2. The van der Waals surface area contributed by atoms with Crippen molar-refractivity contribution < 1.29 is 33.3 Å². The Kier molecular flexibility index (Phi) is 8.85. The minimum absolute atomic E-state index is 0.165. The Morgan fingerprint density at radius 3 is 2.76 bits per heavy atom. The first-order valence-electron chi connectivity index (χ1n) is 14.5. The summed E-state index contributed by atoms with van der Waals surface area (Å²) in [6, 6.07) is 8.10. The van der Waals surface area contributed by atoms with Gasteiger partial charge in [0.05, 0.1) is 42.3 Å². The summed E-state index contributed by atoms with van der Waals surface area (Å²) in [6.07, 6.45) is 2.18. The van der Waals surface area contributed by atoms with Gasteiger partial charge in [-0.05, 0) is 56.5 Å². The number of amides is 2. The number of aliphatic hydroxyl groups is 1. The van der Waals surface area contributed by atoms with E-state index in [1.54, 1.807) is 11.8 Å². The summed E-state index contributed by atoms with van der Waals surface area (Å²) in [7, 11) is 1.52. The van der Waals surface area contributed by atoms with Gasteiger partial charge in [0.1, 0.15) is 33.8 Å². The molecule has 1 saturated heterocycles. The number of methoxy groups -OCH3 is 1. The first kappa shape index (κ1) is 31.0. The highest BCUT2D eigenvalue weighted by Crippen LogP contribution is 2.35. The van der Waals surface area contributed by atoms with Gasteiger partial charge in [0.25, 0.3) is 11.8 Å². The lowest BCUT2D eigenvalue weighted by Crippen LogP contribution is -2.42. The van der Waals surface area contributed by atoms with E-state index in [0.717, 1.165) is 17.5 Å². The summed E-state index contributed by atoms with van der Waals surface area (Å²) < 4.78 is 31.0. The van der Waals surface area contributed by atoms with Gasteiger partial charge < -0.3 is 24.2 Å². The number of thiazole rings is 1. The van der Waals surface area contributed by atoms with Crippen molar-refractivity contribution in [2.45, 2.75) is 38.9 Å². The Morgan fingerprint density at radius 1 is 1.15 bits per heavy atom. The number of ether oxygens (including phenoxy) is 3. The fourth-order valence-electron chi connectivity index (χ4n) is 5.01. The summed E-state index contributed by atoms with van der Waals surface area (Å²) in [5.41, 5.74) is 3.85. The average Bonchev–Trinajstić information content (AvgIpc) is 3.45. The molecule has 0 spiro atoms. The second kappa shape index (κ2) is 13.1. The van der Waals surface area contributed by atoms with Crippen LogP contribution in [0.3, 0.4) is 0 Å². The van der Waals surface area contributed by atoms with Crippen molar-refractivity contribution in [3.8, 4) is 22.3 Å². The summed E-state index contributed by atoms with van der Waals surface area (Å²) in [4.78, 5) is 49.1. The van der Waals surface area contributed by atoms with Crippen LogP contribution in [0.25, 0.3) is 32.0 Å². The average molecular weight is 648 g/mol. The fraction of sp³-hybridized carbons (Fsp3) is 0.323. The van der Waals surface area contributed by atoms with Crippen molar-refractivity contribution in [3.63, 3.8) is 0 Å². The van der Waals surface area contributed by atoms with Gasteiger partial charge in [0, 0.05) is 24.7 Å². The van der Waals surface area contributed by atoms with Gasteiger partial charge in [-0.15, -0.1) is 0 Å². The highest BCUT2D eigenvalue weighted by atomic mass is 32.1. The van der Waals surface area contributed by atoms with Crippen LogP contribution in [0.15, 0.2) is 42.7 Å². The molecule has 46 heavy (non-hydrogen) atoms. The lowest BCUT2D eigenvalue weighted by molar-refractivity contribution is 0.0469. The van der Waals surface area contributed by atoms with Crippen LogP contribution >= 0.6 is 11.3 Å². The number of hydrogen-bond donors (Lipinski definition) is 2. The van der Waals surface area contributed by atoms with E-state index < -0.39 is 24.1 Å². The summed E-state index contributed by atoms with van der Waals surface area (Å²) in [5, 5.41) is 13.0. The minimum Gasteiger partial charge on any atom is -0.480 e. The first-order chi connectivity index (χ1) is 22.2. The molecule has 2 amide bonds. The van der Waals surface area contributed by atoms with Crippen LogP contribution in [0.2, 0.25) is 0 Å². The predicted molar refractivity (Wildman–Crippen MR) is 168 cm³/mol. The second-order valence-corrected chi connectivity index (χ2v) is 11.8. The van der Waals surface area contributed by atoms with E-state index in [2.05, 4.69) is 30.2 Å². The van der Waals surface area contributed by atoms with Crippen molar-refractivity contribution in [2.24, 2.45) is 0 Å². The molecule has 1 aliphatic heterocycles. The highest BCUT2D eigenvalue weighted by Gasteiger charge is 2.24. The van der Waals surface area contributed by atoms with Gasteiger partial charge in [-0.2, -0.15) is 4.98 Å². The van der Waals surface area contributed by atoms with Crippen LogP contribution in [0.1, 0.15) is 35.8 Å². The second-order valence-electron chi connectivity index (χ2n) is 10.8. The van der Waals surface area contributed by atoms with E-state index in [1.807, 2.05) is 19.1 Å². The standard InChI is InChI=1S/C31H30FN7O6S/c1-16-9-20(26-23(10-16)36-25(43-3)13-34-26)28-37-24-11-21(32)27(38-29(24)46-28)44-15-17(2)45-31(42)35-18-6-7-22(33-12-18)30(41)39-8-4-5-19(40)14-39/h6-7,9-13,17,19,40H,4-5,8,14-15H2,1-3H3,(H,35,42)/t17-,19?/m1/s1. The molecule has 2 atom stereocenters. The Balaban J connectivity index is 1.07. The van der Waals surface area contributed by atoms with Crippen molar-refractivity contribution >= 4 is 50.4 Å². The van der Waals surface area contributed by atoms with Gasteiger partial charge in [-0.25, -0.2) is 29.1 Å². The smallest absolute Gasteiger partial charge is 0.412 e. The Labute approximate surface area is 266 Å². The summed E-state index contributed by atoms with van der Waals surface area (Å²) in [5.74, 6) is -0.849. The maximum Gasteiger partial charge on any atom is 0.412 e. The molecule has 1 unspecified atom stereocenters. The SMILES string of the molecule is COc1cnc2c(-c3nc4cc(F)c(OC[C@@H](C)OC(=O)Nc5ccc(C(=O)N6CCCC(O)C6)nc5)nc4s3)cc(C)cc2n1. The third kappa shape index (κ3) is 6.79. The normalized spacial score (nSPS) is 15.5. The van der Waals surface area contributed by atoms with Crippen LogP contribution in [0, 0.1) is 12.7 Å². The number of piperidine rings is 1. The minimum atomic E-state index is -0.779. The van der Waals surface area contributed by atoms with Crippen LogP contribution in [-0.2, 0) is 4.74 Å². The maximum atomic E-state index is 14.9. The number of aliphatic hydroxyl groups excluding tert-OH is 1. The zero-order chi connectivity index (χ0) is 32.4. The lowest BCUT2D eigenvalue weighted by Gasteiger charge is -2.29. The van der Waals surface area contributed by atoms with Crippen molar-refractivity contribution in [1.82, 2.24) is 29.8 Å². The van der Waals surface area contributed by atoms with Gasteiger partial charge in [-0.3, -0.25) is 10.1 Å². The number of carbonyl (C=O) groups excluding carboxylic acids is 2. The number of nitrogens with one attached hydrogen (secondary N) is 1. The van der Waals surface area contributed by atoms with E-state index in [4.69, 9.17) is 14.2 Å². The summed E-state index contributed by atoms with van der Waals surface area (Å²) in [6.45, 7) is 4.18. The molecule has 5 aromatic rings. The van der Waals surface area contributed by atoms with E-state index in [1.165, 1.54) is 49.0 Å². The number of fused-ring (bicyclic) bond motifs is 2. The number of likely N-dealkylation sites (tertiary alicyclic amines) is 1. The number of halogens is 1. The molecule has 0 aliphatic carbocycles. The van der Waals surface area contributed by atoms with Gasteiger partial charge in [0.15, 0.2) is 5.82 Å². The van der Waals surface area contributed by atoms with Crippen molar-refractivity contribution in [3.05, 3.63) is 59.8 Å². The molecule has 1 aromatic carbocycles. The number of rotatable bonds is 8. The molecule has 1 fully saturated rings. The van der Waals surface area contributed by atoms with Gasteiger partial charge in [-0.1, -0.05) is 11.3 Å². The zero-order valence-corrected chi connectivity index (χ0v) is 26.0. The topological polar surface area (TPSA) is 162 Å². The highest BCUT2D eigenvalue weighted by molar-refractivity contribution is 7.21. The molecule has 6 rings (SSSR count). The molecular weight excluding hydrogens is 617 g/mol. The third-order valence-electron chi connectivity index (χ3n) is 7.19. The van der Waals surface area contributed by atoms with Crippen molar-refractivity contribution in [2.75, 3.05) is 32.1 Å². The molecule has 4 aromatic heterocycles. The quantitative estimate of drug-likeness (QED) is 0.239. The number of aromatic nitrogens is 5. The van der Waals surface area contributed by atoms with E-state index in [0.29, 0.717) is 50.9 Å². The number of hydrogen-bond acceptors (Lipinski definition) is 12. The zero-order valence-electron chi connectivity index (χ0n) is 25.2. The van der Waals surface area contributed by atoms with Gasteiger partial charge >= 0.3 is 6.09 Å². The van der Waals surface area contributed by atoms with E-state index in [-0.39, 0.29) is 30.6 Å². The number of β-amino-alcohol motifs (C(OH)–C–C–N with tert-alkyl or cyclic N) is 1. The molecule has 1 aliphatic rings. The lowest BCUT2D eigenvalue weighted by atomic mass is 10.1. The van der Waals surface area contributed by atoms with Crippen LogP contribution in [-0.4, -0.2) is 85.9 Å². The molecule has 0 radical (unpaired) electrons. The van der Waals surface area contributed by atoms with Crippen LogP contribution in [0.4, 0.5) is 14.9 Å². The molecule has 2 N–H and O–H groups in total.